The first kappa shape index (κ1) is 17.6. The van der Waals surface area contributed by atoms with Crippen LogP contribution in [-0.2, 0) is 9.59 Å². The molecule has 2 rings (SSSR count). The van der Waals surface area contributed by atoms with E-state index < -0.39 is 11.7 Å². The van der Waals surface area contributed by atoms with Gasteiger partial charge in [0, 0.05) is 5.69 Å². The zero-order valence-corrected chi connectivity index (χ0v) is 13.1. The molecular formula is C17H18F2N3O2+. The number of carbonyl (C=O) groups excluding carboxylic acids is 2. The third kappa shape index (κ3) is 5.44. The number of hydrogen-bond donors (Lipinski definition) is 3. The lowest BCUT2D eigenvalue weighted by Crippen LogP contribution is -3.11. The normalized spacial score (nSPS) is 11.6. The van der Waals surface area contributed by atoms with Gasteiger partial charge in [-0.3, -0.25) is 9.59 Å². The molecule has 0 aromatic heterocycles. The maximum Gasteiger partial charge on any atom is 0.279 e. The maximum absolute atomic E-state index is 13.5. The summed E-state index contributed by atoms with van der Waals surface area (Å²) in [5, 5.41) is 5.08. The molecule has 0 fully saturated rings. The van der Waals surface area contributed by atoms with Gasteiger partial charge in [0.25, 0.3) is 11.8 Å². The number of amides is 2. The van der Waals surface area contributed by atoms with Crippen LogP contribution in [0.25, 0.3) is 0 Å². The van der Waals surface area contributed by atoms with Crippen molar-refractivity contribution >= 4 is 23.2 Å². The molecule has 3 N–H and O–H groups in total. The highest BCUT2D eigenvalue weighted by molar-refractivity contribution is 5.93. The van der Waals surface area contributed by atoms with Crippen LogP contribution in [0.2, 0.25) is 0 Å². The van der Waals surface area contributed by atoms with Crippen LogP contribution >= 0.6 is 0 Å². The summed E-state index contributed by atoms with van der Waals surface area (Å²) in [6.45, 7) is 0.0488. The fraction of sp³-hybridized carbons (Fsp3) is 0.176. The number of nitrogens with one attached hydrogen (secondary N) is 3. The van der Waals surface area contributed by atoms with E-state index >= 15 is 0 Å². The summed E-state index contributed by atoms with van der Waals surface area (Å²) in [6.07, 6.45) is 0. The Balaban J connectivity index is 1.80. The molecule has 0 bridgehead atoms. The SMILES string of the molecule is C[NH+](CC(=O)Nc1ccc(F)cc1)CC(=O)Nc1ccccc1F. The lowest BCUT2D eigenvalue weighted by molar-refractivity contribution is -0.862. The third-order valence-corrected chi connectivity index (χ3v) is 3.20. The van der Waals surface area contributed by atoms with Gasteiger partial charge < -0.3 is 15.5 Å². The van der Waals surface area contributed by atoms with E-state index in [2.05, 4.69) is 10.6 Å². The first-order chi connectivity index (χ1) is 11.4. The molecule has 7 heteroatoms. The molecule has 0 saturated heterocycles. The van der Waals surface area contributed by atoms with Crippen LogP contribution in [0.15, 0.2) is 48.5 Å². The van der Waals surface area contributed by atoms with Crippen LogP contribution in [-0.4, -0.2) is 32.0 Å². The fourth-order valence-electron chi connectivity index (χ4n) is 2.11. The number of hydrogen-bond acceptors (Lipinski definition) is 2. The average Bonchev–Trinajstić information content (AvgIpc) is 2.51. The predicted molar refractivity (Wildman–Crippen MR) is 86.7 cm³/mol. The van der Waals surface area contributed by atoms with Gasteiger partial charge in [-0.25, -0.2) is 8.78 Å². The van der Waals surface area contributed by atoms with Crippen LogP contribution in [0.4, 0.5) is 20.2 Å². The zero-order valence-electron chi connectivity index (χ0n) is 13.1. The number of likely N-dealkylation sites (N-methyl/N-ethyl adjacent to an activating group) is 1. The van der Waals surface area contributed by atoms with Gasteiger partial charge >= 0.3 is 0 Å². The quantitative estimate of drug-likeness (QED) is 0.740. The number of carbonyl (C=O) groups is 2. The number of anilines is 2. The van der Waals surface area contributed by atoms with Crippen molar-refractivity contribution in [2.75, 3.05) is 30.8 Å². The maximum atomic E-state index is 13.5. The van der Waals surface area contributed by atoms with Crippen molar-refractivity contribution in [3.63, 3.8) is 0 Å². The average molecular weight is 334 g/mol. The number of benzene rings is 2. The van der Waals surface area contributed by atoms with E-state index in [0.717, 1.165) is 0 Å². The molecule has 0 aliphatic heterocycles. The Bertz CT molecular complexity index is 720. The van der Waals surface area contributed by atoms with Crippen molar-refractivity contribution in [2.24, 2.45) is 0 Å². The molecule has 2 amide bonds. The molecule has 0 spiro atoms. The molecule has 126 valence electrons. The van der Waals surface area contributed by atoms with Gasteiger partial charge in [0.15, 0.2) is 13.1 Å². The minimum absolute atomic E-state index is 0.00513. The highest BCUT2D eigenvalue weighted by atomic mass is 19.1. The van der Waals surface area contributed by atoms with Crippen LogP contribution in [0, 0.1) is 11.6 Å². The highest BCUT2D eigenvalue weighted by Gasteiger charge is 2.15. The van der Waals surface area contributed by atoms with Crippen LogP contribution in [0.1, 0.15) is 0 Å². The molecule has 0 radical (unpaired) electrons. The van der Waals surface area contributed by atoms with E-state index in [4.69, 9.17) is 0 Å². The molecule has 1 atom stereocenters. The Labute approximate surface area is 138 Å². The molecule has 1 unspecified atom stereocenters. The van der Waals surface area contributed by atoms with Crippen LogP contribution in [0.5, 0.6) is 0 Å². The molecular weight excluding hydrogens is 316 g/mol. The lowest BCUT2D eigenvalue weighted by Gasteiger charge is -2.14. The topological polar surface area (TPSA) is 62.6 Å². The van der Waals surface area contributed by atoms with Crippen molar-refractivity contribution in [1.29, 1.82) is 0 Å². The Morgan fingerprint density at radius 2 is 1.50 bits per heavy atom. The number of quaternary nitrogens is 1. The monoisotopic (exact) mass is 334 g/mol. The minimum Gasteiger partial charge on any atom is -0.322 e. The van der Waals surface area contributed by atoms with Crippen molar-refractivity contribution < 1.29 is 23.3 Å². The van der Waals surface area contributed by atoms with Gasteiger partial charge in [-0.15, -0.1) is 0 Å². The molecule has 0 heterocycles. The summed E-state index contributed by atoms with van der Waals surface area (Å²) in [7, 11) is 1.67. The van der Waals surface area contributed by atoms with E-state index in [1.807, 2.05) is 0 Å². The second-order valence-corrected chi connectivity index (χ2v) is 5.39. The van der Waals surface area contributed by atoms with Gasteiger partial charge in [-0.05, 0) is 36.4 Å². The Morgan fingerprint density at radius 3 is 2.12 bits per heavy atom. The largest absolute Gasteiger partial charge is 0.322 e. The van der Waals surface area contributed by atoms with E-state index in [1.54, 1.807) is 13.1 Å². The van der Waals surface area contributed by atoms with Gasteiger partial charge in [0.1, 0.15) is 11.6 Å². The molecule has 0 aliphatic rings. The smallest absolute Gasteiger partial charge is 0.279 e. The highest BCUT2D eigenvalue weighted by Crippen LogP contribution is 2.11. The Kier molecular flexibility index (Phi) is 5.97. The molecule has 0 saturated carbocycles. The zero-order chi connectivity index (χ0) is 17.5. The second-order valence-electron chi connectivity index (χ2n) is 5.39. The van der Waals surface area contributed by atoms with Gasteiger partial charge in [0.2, 0.25) is 0 Å². The van der Waals surface area contributed by atoms with E-state index in [1.165, 1.54) is 42.5 Å². The first-order valence-corrected chi connectivity index (χ1v) is 7.35. The van der Waals surface area contributed by atoms with Gasteiger partial charge in [-0.2, -0.15) is 0 Å². The predicted octanol–water partition coefficient (Wildman–Crippen LogP) is 1.06. The van der Waals surface area contributed by atoms with Crippen LogP contribution in [0.3, 0.4) is 0 Å². The fourth-order valence-corrected chi connectivity index (χ4v) is 2.11. The van der Waals surface area contributed by atoms with Gasteiger partial charge in [-0.1, -0.05) is 12.1 Å². The Morgan fingerprint density at radius 1 is 0.917 bits per heavy atom. The third-order valence-electron chi connectivity index (χ3n) is 3.20. The minimum atomic E-state index is -0.516. The summed E-state index contributed by atoms with van der Waals surface area (Å²) in [4.78, 5) is 24.4. The molecule has 5 nitrogen and oxygen atoms in total. The van der Waals surface area contributed by atoms with Crippen molar-refractivity contribution in [1.82, 2.24) is 0 Å². The first-order valence-electron chi connectivity index (χ1n) is 7.35. The summed E-state index contributed by atoms with van der Waals surface area (Å²) in [5.74, 6) is -1.61. The summed E-state index contributed by atoms with van der Waals surface area (Å²) < 4.78 is 26.3. The standard InChI is InChI=1S/C17H17F2N3O2/c1-22(10-16(23)20-13-8-6-12(18)7-9-13)11-17(24)21-15-5-3-2-4-14(15)19/h2-9H,10-11H2,1H3,(H,20,23)(H,21,24)/p+1. The van der Waals surface area contributed by atoms with Gasteiger partial charge in [0.05, 0.1) is 12.7 Å². The van der Waals surface area contributed by atoms with E-state index in [9.17, 15) is 18.4 Å². The Hall–Kier alpha value is -2.80. The molecule has 24 heavy (non-hydrogen) atoms. The number of rotatable bonds is 6. The second kappa shape index (κ2) is 8.16. The molecule has 2 aromatic carbocycles. The van der Waals surface area contributed by atoms with Crippen molar-refractivity contribution in [3.8, 4) is 0 Å². The lowest BCUT2D eigenvalue weighted by atomic mass is 10.3. The van der Waals surface area contributed by atoms with Crippen LogP contribution < -0.4 is 15.5 Å². The summed E-state index contributed by atoms with van der Waals surface area (Å²) in [6, 6.07) is 11.3. The van der Waals surface area contributed by atoms with Crippen molar-refractivity contribution in [2.45, 2.75) is 0 Å². The van der Waals surface area contributed by atoms with E-state index in [0.29, 0.717) is 10.6 Å². The molecule has 0 aliphatic carbocycles. The number of para-hydroxylation sites is 1. The summed E-state index contributed by atoms with van der Waals surface area (Å²) >= 11 is 0. The number of halogens is 2. The van der Waals surface area contributed by atoms with Crippen molar-refractivity contribution in [3.05, 3.63) is 60.2 Å². The summed E-state index contributed by atoms with van der Waals surface area (Å²) in [5.41, 5.74) is 0.580. The molecule has 2 aromatic rings. The van der Waals surface area contributed by atoms with E-state index in [-0.39, 0.29) is 30.5 Å².